The zero-order chi connectivity index (χ0) is 22.9. The fraction of sp³-hybridized carbons (Fsp3) is 0.593. The van der Waals surface area contributed by atoms with E-state index in [1.165, 1.54) is 16.7 Å². The van der Waals surface area contributed by atoms with Crippen molar-refractivity contribution in [2.75, 3.05) is 27.3 Å². The molecule has 2 unspecified atom stereocenters. The molecule has 4 heteroatoms. The SMILES string of the molecule is COC1=CC(CC=O)C(CCCNCCCc2ccc(C)c(C)c2)(C(C)C)C(OC)=C1. The highest BCUT2D eigenvalue weighted by atomic mass is 16.5. The fourth-order valence-corrected chi connectivity index (χ4v) is 4.92. The first-order valence-corrected chi connectivity index (χ1v) is 11.6. The van der Waals surface area contributed by atoms with Gasteiger partial charge < -0.3 is 19.6 Å². The molecule has 4 nitrogen and oxygen atoms in total. The summed E-state index contributed by atoms with van der Waals surface area (Å²) in [5, 5.41) is 3.61. The molecule has 172 valence electrons. The topological polar surface area (TPSA) is 47.6 Å². The molecule has 0 saturated heterocycles. The Balaban J connectivity index is 1.90. The molecule has 0 heterocycles. The lowest BCUT2D eigenvalue weighted by Gasteiger charge is -2.45. The van der Waals surface area contributed by atoms with Gasteiger partial charge in [0, 0.05) is 23.8 Å². The molecule has 31 heavy (non-hydrogen) atoms. The van der Waals surface area contributed by atoms with E-state index in [4.69, 9.17) is 9.47 Å². The van der Waals surface area contributed by atoms with Crippen LogP contribution in [-0.2, 0) is 20.7 Å². The average Bonchev–Trinajstić information content (AvgIpc) is 2.75. The van der Waals surface area contributed by atoms with E-state index in [-0.39, 0.29) is 11.3 Å². The molecule has 0 bridgehead atoms. The second-order valence-electron chi connectivity index (χ2n) is 9.07. The van der Waals surface area contributed by atoms with Crippen molar-refractivity contribution in [3.63, 3.8) is 0 Å². The van der Waals surface area contributed by atoms with Crippen molar-refractivity contribution in [1.29, 1.82) is 0 Å². The number of benzene rings is 1. The van der Waals surface area contributed by atoms with E-state index in [1.54, 1.807) is 14.2 Å². The van der Waals surface area contributed by atoms with E-state index < -0.39 is 0 Å². The maximum atomic E-state index is 11.4. The van der Waals surface area contributed by atoms with Crippen molar-refractivity contribution in [2.24, 2.45) is 17.3 Å². The Morgan fingerprint density at radius 3 is 2.45 bits per heavy atom. The molecule has 1 aliphatic rings. The molecule has 2 atom stereocenters. The average molecular weight is 428 g/mol. The van der Waals surface area contributed by atoms with Crippen molar-refractivity contribution >= 4 is 6.29 Å². The Bertz CT molecular complexity index is 781. The number of carbonyl (C=O) groups excluding carboxylic acids is 1. The first-order chi connectivity index (χ1) is 14.9. The van der Waals surface area contributed by atoms with Gasteiger partial charge in [0.2, 0.25) is 0 Å². The van der Waals surface area contributed by atoms with Gasteiger partial charge in [-0.25, -0.2) is 0 Å². The number of rotatable bonds is 13. The van der Waals surface area contributed by atoms with Crippen LogP contribution in [0, 0.1) is 31.1 Å². The third-order valence-electron chi connectivity index (χ3n) is 6.93. The summed E-state index contributed by atoms with van der Waals surface area (Å²) in [5.74, 6) is 2.15. The zero-order valence-corrected chi connectivity index (χ0v) is 20.3. The van der Waals surface area contributed by atoms with Crippen molar-refractivity contribution in [3.05, 3.63) is 58.6 Å². The van der Waals surface area contributed by atoms with E-state index in [0.29, 0.717) is 12.3 Å². The van der Waals surface area contributed by atoms with Gasteiger partial charge in [-0.05, 0) is 81.3 Å². The van der Waals surface area contributed by atoms with Crippen LogP contribution in [-0.4, -0.2) is 33.6 Å². The molecule has 1 N–H and O–H groups in total. The van der Waals surface area contributed by atoms with E-state index in [9.17, 15) is 4.79 Å². The lowest BCUT2D eigenvalue weighted by atomic mass is 9.61. The smallest absolute Gasteiger partial charge is 0.120 e. The summed E-state index contributed by atoms with van der Waals surface area (Å²) in [5.41, 5.74) is 3.96. The molecule has 0 radical (unpaired) electrons. The third-order valence-corrected chi connectivity index (χ3v) is 6.93. The van der Waals surface area contributed by atoms with Crippen LogP contribution in [0.15, 0.2) is 41.9 Å². The normalized spacial score (nSPS) is 20.9. The Labute approximate surface area is 189 Å². The minimum atomic E-state index is -0.182. The van der Waals surface area contributed by atoms with E-state index >= 15 is 0 Å². The van der Waals surface area contributed by atoms with Gasteiger partial charge in [-0.1, -0.05) is 32.0 Å². The summed E-state index contributed by atoms with van der Waals surface area (Å²) in [6.07, 6.45) is 9.85. The Morgan fingerprint density at radius 1 is 1.10 bits per heavy atom. The largest absolute Gasteiger partial charge is 0.500 e. The van der Waals surface area contributed by atoms with E-state index in [1.807, 2.05) is 6.08 Å². The fourth-order valence-electron chi connectivity index (χ4n) is 4.92. The highest BCUT2D eigenvalue weighted by Crippen LogP contribution is 2.51. The maximum absolute atomic E-state index is 11.4. The van der Waals surface area contributed by atoms with Crippen LogP contribution in [0.1, 0.15) is 56.2 Å². The number of aryl methyl sites for hydroxylation is 3. The summed E-state index contributed by atoms with van der Waals surface area (Å²) in [6.45, 7) is 10.8. The lowest BCUT2D eigenvalue weighted by Crippen LogP contribution is -2.40. The van der Waals surface area contributed by atoms with Crippen LogP contribution in [0.4, 0.5) is 0 Å². The summed E-state index contributed by atoms with van der Waals surface area (Å²) in [6, 6.07) is 6.76. The van der Waals surface area contributed by atoms with Gasteiger partial charge in [-0.3, -0.25) is 0 Å². The van der Waals surface area contributed by atoms with Gasteiger partial charge in [0.05, 0.1) is 14.2 Å². The van der Waals surface area contributed by atoms with Crippen molar-refractivity contribution in [2.45, 2.75) is 59.8 Å². The Morgan fingerprint density at radius 2 is 1.84 bits per heavy atom. The Hall–Kier alpha value is -2.07. The van der Waals surface area contributed by atoms with Gasteiger partial charge in [-0.2, -0.15) is 0 Å². The van der Waals surface area contributed by atoms with Crippen LogP contribution in [0.5, 0.6) is 0 Å². The minimum absolute atomic E-state index is 0.0877. The Kier molecular flexibility index (Phi) is 9.83. The number of hydrogen-bond acceptors (Lipinski definition) is 4. The van der Waals surface area contributed by atoms with E-state index in [0.717, 1.165) is 56.6 Å². The molecule has 0 amide bonds. The molecule has 0 spiro atoms. The number of allylic oxidation sites excluding steroid dienone is 3. The van der Waals surface area contributed by atoms with Crippen LogP contribution < -0.4 is 5.32 Å². The molecule has 1 aromatic carbocycles. The van der Waals surface area contributed by atoms with Crippen molar-refractivity contribution in [3.8, 4) is 0 Å². The summed E-state index contributed by atoms with van der Waals surface area (Å²) >= 11 is 0. The molecule has 0 aliphatic heterocycles. The summed E-state index contributed by atoms with van der Waals surface area (Å²) < 4.78 is 11.3. The van der Waals surface area contributed by atoms with Crippen LogP contribution in [0.3, 0.4) is 0 Å². The molecule has 0 aromatic heterocycles. The highest BCUT2D eigenvalue weighted by molar-refractivity contribution is 5.52. The molecule has 2 rings (SSSR count). The molecular weight excluding hydrogens is 386 g/mol. The maximum Gasteiger partial charge on any atom is 0.120 e. The van der Waals surface area contributed by atoms with Crippen LogP contribution >= 0.6 is 0 Å². The van der Waals surface area contributed by atoms with Crippen LogP contribution in [0.2, 0.25) is 0 Å². The number of nitrogens with one attached hydrogen (secondary N) is 1. The number of ether oxygens (including phenoxy) is 2. The summed E-state index contributed by atoms with van der Waals surface area (Å²) in [7, 11) is 3.39. The summed E-state index contributed by atoms with van der Waals surface area (Å²) in [4.78, 5) is 11.4. The second kappa shape index (κ2) is 12.1. The second-order valence-corrected chi connectivity index (χ2v) is 9.07. The van der Waals surface area contributed by atoms with Crippen LogP contribution in [0.25, 0.3) is 0 Å². The molecule has 1 aliphatic carbocycles. The van der Waals surface area contributed by atoms with Gasteiger partial charge in [0.15, 0.2) is 0 Å². The van der Waals surface area contributed by atoms with Crippen molar-refractivity contribution < 1.29 is 14.3 Å². The quantitative estimate of drug-likeness (QED) is 0.332. The zero-order valence-electron chi connectivity index (χ0n) is 20.3. The van der Waals surface area contributed by atoms with Crippen molar-refractivity contribution in [1.82, 2.24) is 5.32 Å². The standard InChI is InChI=1S/C27H41NO3/c1-20(2)27(24(12-16-29)18-25(30-5)19-26(27)31-6)13-8-15-28-14-7-9-23-11-10-21(3)22(4)17-23/h10-11,16-20,24,28H,7-9,12-15H2,1-6H3. The highest BCUT2D eigenvalue weighted by Gasteiger charge is 2.46. The molecular formula is C27H41NO3. The van der Waals surface area contributed by atoms with Gasteiger partial charge in [0.1, 0.15) is 17.8 Å². The number of hydrogen-bond donors (Lipinski definition) is 1. The monoisotopic (exact) mass is 427 g/mol. The number of carbonyl (C=O) groups is 1. The minimum Gasteiger partial charge on any atom is -0.500 e. The first kappa shape index (κ1) is 25.2. The molecule has 0 saturated carbocycles. The van der Waals surface area contributed by atoms with Gasteiger partial charge in [-0.15, -0.1) is 0 Å². The predicted octanol–water partition coefficient (Wildman–Crippen LogP) is 5.53. The molecule has 1 aromatic rings. The first-order valence-electron chi connectivity index (χ1n) is 11.6. The van der Waals surface area contributed by atoms with Gasteiger partial charge >= 0.3 is 0 Å². The van der Waals surface area contributed by atoms with E-state index in [2.05, 4.69) is 57.3 Å². The predicted molar refractivity (Wildman–Crippen MR) is 128 cm³/mol. The molecule has 0 fully saturated rings. The third kappa shape index (κ3) is 6.22. The number of aldehydes is 1. The van der Waals surface area contributed by atoms with Gasteiger partial charge in [0.25, 0.3) is 0 Å². The number of methoxy groups -OCH3 is 2. The lowest BCUT2D eigenvalue weighted by molar-refractivity contribution is -0.109.